The number of nitrogens with zero attached hydrogens (tertiary/aromatic N) is 2. The van der Waals surface area contributed by atoms with Gasteiger partial charge in [0, 0.05) is 18.0 Å². The Morgan fingerprint density at radius 3 is 2.31 bits per heavy atom. The number of nitrogens with one attached hydrogen (secondary N) is 1. The zero-order valence-electron chi connectivity index (χ0n) is 10.8. The topological polar surface area (TPSA) is 63.8 Å². The Hall–Kier alpha value is -1.32. The van der Waals surface area contributed by atoms with Crippen molar-refractivity contribution in [3.05, 3.63) is 11.4 Å². The van der Waals surface area contributed by atoms with E-state index < -0.39 is 0 Å². The van der Waals surface area contributed by atoms with E-state index in [1.165, 1.54) is 0 Å². The molecule has 0 saturated heterocycles. The Balaban J connectivity index is 2.97. The Morgan fingerprint density at radius 2 is 1.81 bits per heavy atom. The summed E-state index contributed by atoms with van der Waals surface area (Å²) in [7, 11) is 0. The maximum atomic E-state index is 5.87. The van der Waals surface area contributed by atoms with Gasteiger partial charge in [0.1, 0.15) is 17.5 Å². The van der Waals surface area contributed by atoms with Crippen molar-refractivity contribution >= 4 is 11.6 Å². The van der Waals surface area contributed by atoms with E-state index in [1.54, 1.807) is 0 Å². The molecule has 0 aromatic carbocycles. The van der Waals surface area contributed by atoms with Crippen LogP contribution >= 0.6 is 0 Å². The van der Waals surface area contributed by atoms with Crippen molar-refractivity contribution in [2.45, 2.75) is 40.5 Å². The van der Waals surface area contributed by atoms with Crippen molar-refractivity contribution in [1.29, 1.82) is 0 Å². The number of rotatable bonds is 4. The number of anilines is 2. The van der Waals surface area contributed by atoms with E-state index in [0.717, 1.165) is 23.8 Å². The van der Waals surface area contributed by atoms with Crippen molar-refractivity contribution in [1.82, 2.24) is 9.97 Å². The average Bonchev–Trinajstić information content (AvgIpc) is 2.19. The van der Waals surface area contributed by atoms with Crippen molar-refractivity contribution in [3.63, 3.8) is 0 Å². The first-order chi connectivity index (χ1) is 7.41. The molecule has 0 fully saturated rings. The summed E-state index contributed by atoms with van der Waals surface area (Å²) in [5.74, 6) is 3.12. The van der Waals surface area contributed by atoms with Crippen LogP contribution in [0.5, 0.6) is 0 Å². The molecule has 0 aliphatic rings. The SMILES string of the molecule is Cc1c(N)nc(C(C)C)nc1NCC(C)C. The van der Waals surface area contributed by atoms with Crippen LogP contribution in [0.2, 0.25) is 0 Å². The highest BCUT2D eigenvalue weighted by Gasteiger charge is 2.10. The lowest BCUT2D eigenvalue weighted by Gasteiger charge is -2.14. The summed E-state index contributed by atoms with van der Waals surface area (Å²) in [6.45, 7) is 11.3. The third-order valence-electron chi connectivity index (χ3n) is 2.39. The summed E-state index contributed by atoms with van der Waals surface area (Å²) in [6.07, 6.45) is 0. The van der Waals surface area contributed by atoms with Crippen LogP contribution in [-0.4, -0.2) is 16.5 Å². The molecule has 0 unspecified atom stereocenters. The largest absolute Gasteiger partial charge is 0.383 e. The van der Waals surface area contributed by atoms with Crippen molar-refractivity contribution < 1.29 is 0 Å². The third-order valence-corrected chi connectivity index (χ3v) is 2.39. The molecule has 1 rings (SSSR count). The van der Waals surface area contributed by atoms with E-state index in [2.05, 4.69) is 43.0 Å². The fourth-order valence-electron chi connectivity index (χ4n) is 1.28. The van der Waals surface area contributed by atoms with Gasteiger partial charge in [-0.15, -0.1) is 0 Å². The van der Waals surface area contributed by atoms with Gasteiger partial charge in [0.2, 0.25) is 0 Å². The molecule has 0 spiro atoms. The Morgan fingerprint density at radius 1 is 1.19 bits per heavy atom. The maximum absolute atomic E-state index is 5.87. The highest BCUT2D eigenvalue weighted by atomic mass is 15.1. The van der Waals surface area contributed by atoms with Gasteiger partial charge in [-0.25, -0.2) is 9.97 Å². The fraction of sp³-hybridized carbons (Fsp3) is 0.667. The summed E-state index contributed by atoms with van der Waals surface area (Å²) >= 11 is 0. The highest BCUT2D eigenvalue weighted by molar-refractivity contribution is 5.54. The molecule has 0 amide bonds. The molecule has 0 atom stereocenters. The van der Waals surface area contributed by atoms with Gasteiger partial charge in [-0.05, 0) is 12.8 Å². The van der Waals surface area contributed by atoms with Crippen LogP contribution in [0.15, 0.2) is 0 Å². The van der Waals surface area contributed by atoms with Gasteiger partial charge >= 0.3 is 0 Å². The molecule has 4 nitrogen and oxygen atoms in total. The van der Waals surface area contributed by atoms with E-state index in [0.29, 0.717) is 17.7 Å². The molecule has 16 heavy (non-hydrogen) atoms. The molecule has 0 aliphatic heterocycles. The minimum absolute atomic E-state index is 0.294. The molecule has 0 aliphatic carbocycles. The van der Waals surface area contributed by atoms with Crippen LogP contribution < -0.4 is 11.1 Å². The summed E-state index contributed by atoms with van der Waals surface area (Å²) in [6, 6.07) is 0. The van der Waals surface area contributed by atoms with E-state index in [1.807, 2.05) is 6.92 Å². The van der Waals surface area contributed by atoms with Crippen molar-refractivity contribution in [3.8, 4) is 0 Å². The third kappa shape index (κ3) is 3.08. The fourth-order valence-corrected chi connectivity index (χ4v) is 1.28. The van der Waals surface area contributed by atoms with E-state index in [4.69, 9.17) is 5.73 Å². The average molecular weight is 222 g/mol. The van der Waals surface area contributed by atoms with Gasteiger partial charge in [-0.2, -0.15) is 0 Å². The molecule has 0 radical (unpaired) electrons. The lowest BCUT2D eigenvalue weighted by atomic mass is 10.2. The second kappa shape index (κ2) is 5.14. The van der Waals surface area contributed by atoms with Crippen LogP contribution in [0.3, 0.4) is 0 Å². The molecule has 4 heteroatoms. The van der Waals surface area contributed by atoms with Gasteiger partial charge in [-0.3, -0.25) is 0 Å². The van der Waals surface area contributed by atoms with Crippen LogP contribution in [0.25, 0.3) is 0 Å². The van der Waals surface area contributed by atoms with Crippen molar-refractivity contribution in [2.24, 2.45) is 5.92 Å². The molecule has 1 aromatic rings. The van der Waals surface area contributed by atoms with Crippen LogP contribution in [0.1, 0.15) is 45.0 Å². The quantitative estimate of drug-likeness (QED) is 0.821. The first-order valence-electron chi connectivity index (χ1n) is 5.79. The predicted octanol–water partition coefficient (Wildman–Crippen LogP) is 2.56. The summed E-state index contributed by atoms with van der Waals surface area (Å²) in [4.78, 5) is 8.79. The van der Waals surface area contributed by atoms with Gasteiger partial charge in [-0.1, -0.05) is 27.7 Å². The molecule has 1 heterocycles. The lowest BCUT2D eigenvalue weighted by molar-refractivity contribution is 0.684. The molecular weight excluding hydrogens is 200 g/mol. The van der Waals surface area contributed by atoms with Gasteiger partial charge in [0.25, 0.3) is 0 Å². The second-order valence-corrected chi connectivity index (χ2v) is 4.87. The second-order valence-electron chi connectivity index (χ2n) is 4.87. The standard InChI is InChI=1S/C12H22N4/c1-7(2)6-14-12-9(5)10(13)15-11(16-12)8(3)4/h7-8H,6H2,1-5H3,(H3,13,14,15,16). The molecule has 0 bridgehead atoms. The number of aromatic nitrogens is 2. The summed E-state index contributed by atoms with van der Waals surface area (Å²) < 4.78 is 0. The Kier molecular flexibility index (Phi) is 4.10. The Bertz CT molecular complexity index is 358. The number of nitrogens with two attached hydrogens (primary N) is 1. The lowest BCUT2D eigenvalue weighted by Crippen LogP contribution is -2.14. The van der Waals surface area contributed by atoms with Crippen LogP contribution in [0, 0.1) is 12.8 Å². The van der Waals surface area contributed by atoms with E-state index >= 15 is 0 Å². The molecular formula is C12H22N4. The van der Waals surface area contributed by atoms with Crippen molar-refractivity contribution in [2.75, 3.05) is 17.6 Å². The molecule has 1 aromatic heterocycles. The van der Waals surface area contributed by atoms with E-state index in [9.17, 15) is 0 Å². The first kappa shape index (κ1) is 12.7. The summed E-state index contributed by atoms with van der Waals surface area (Å²) in [5.41, 5.74) is 6.81. The van der Waals surface area contributed by atoms with Crippen LogP contribution in [-0.2, 0) is 0 Å². The maximum Gasteiger partial charge on any atom is 0.135 e. The minimum atomic E-state index is 0.294. The minimum Gasteiger partial charge on any atom is -0.383 e. The van der Waals surface area contributed by atoms with E-state index in [-0.39, 0.29) is 0 Å². The first-order valence-corrected chi connectivity index (χ1v) is 5.79. The van der Waals surface area contributed by atoms with Gasteiger partial charge in [0.05, 0.1) is 0 Å². The van der Waals surface area contributed by atoms with Gasteiger partial charge in [0.15, 0.2) is 0 Å². The molecule has 3 N–H and O–H groups in total. The smallest absolute Gasteiger partial charge is 0.135 e. The zero-order valence-corrected chi connectivity index (χ0v) is 10.8. The highest BCUT2D eigenvalue weighted by Crippen LogP contribution is 2.20. The molecule has 0 saturated carbocycles. The Labute approximate surface area is 97.7 Å². The predicted molar refractivity (Wildman–Crippen MR) is 68.6 cm³/mol. The number of hydrogen-bond acceptors (Lipinski definition) is 4. The normalized spacial score (nSPS) is 11.2. The summed E-state index contributed by atoms with van der Waals surface area (Å²) in [5, 5.41) is 3.32. The van der Waals surface area contributed by atoms with Crippen LogP contribution in [0.4, 0.5) is 11.6 Å². The molecule has 90 valence electrons. The zero-order chi connectivity index (χ0) is 12.3. The monoisotopic (exact) mass is 222 g/mol. The van der Waals surface area contributed by atoms with Gasteiger partial charge < -0.3 is 11.1 Å². The number of hydrogen-bond donors (Lipinski definition) is 2. The number of nitrogen functional groups attached to an aromatic ring is 1.